The standard InChI is InChI=1S/C13H19ClN2O2/c1-16(13(17)9-15-6-7-18-2)10-11-4-3-5-12(14)8-11/h3-5,8,15H,6-7,9-10H2,1-2H3. The number of rotatable bonds is 7. The molecule has 0 heterocycles. The maximum absolute atomic E-state index is 11.8. The molecule has 100 valence electrons. The topological polar surface area (TPSA) is 41.6 Å². The number of carbonyl (C=O) groups excluding carboxylic acids is 1. The Labute approximate surface area is 113 Å². The van der Waals surface area contributed by atoms with Crippen molar-refractivity contribution in [2.24, 2.45) is 0 Å². The number of hydrogen-bond acceptors (Lipinski definition) is 3. The summed E-state index contributed by atoms with van der Waals surface area (Å²) in [5, 5.41) is 3.71. The van der Waals surface area contributed by atoms with Crippen molar-refractivity contribution in [3.8, 4) is 0 Å². The van der Waals surface area contributed by atoms with Gasteiger partial charge in [0.15, 0.2) is 0 Å². The van der Waals surface area contributed by atoms with E-state index < -0.39 is 0 Å². The summed E-state index contributed by atoms with van der Waals surface area (Å²) in [5.41, 5.74) is 1.02. The van der Waals surface area contributed by atoms with Crippen LogP contribution in [-0.2, 0) is 16.1 Å². The highest BCUT2D eigenvalue weighted by atomic mass is 35.5. The first kappa shape index (κ1) is 15.0. The van der Waals surface area contributed by atoms with E-state index in [0.717, 1.165) is 5.56 Å². The summed E-state index contributed by atoms with van der Waals surface area (Å²) in [7, 11) is 3.41. The van der Waals surface area contributed by atoms with Crippen LogP contribution in [0.3, 0.4) is 0 Å². The van der Waals surface area contributed by atoms with Gasteiger partial charge in [-0.05, 0) is 17.7 Å². The van der Waals surface area contributed by atoms with Gasteiger partial charge in [-0.3, -0.25) is 4.79 Å². The molecule has 5 heteroatoms. The Morgan fingerprint density at radius 1 is 1.50 bits per heavy atom. The van der Waals surface area contributed by atoms with Crippen LogP contribution in [0.25, 0.3) is 0 Å². The largest absolute Gasteiger partial charge is 0.383 e. The van der Waals surface area contributed by atoms with Crippen molar-refractivity contribution in [3.05, 3.63) is 34.9 Å². The highest BCUT2D eigenvalue weighted by molar-refractivity contribution is 6.30. The SMILES string of the molecule is COCCNCC(=O)N(C)Cc1cccc(Cl)c1. The smallest absolute Gasteiger partial charge is 0.236 e. The second-order valence-electron chi connectivity index (χ2n) is 4.05. The Morgan fingerprint density at radius 2 is 2.28 bits per heavy atom. The molecule has 0 radical (unpaired) electrons. The van der Waals surface area contributed by atoms with Crippen molar-refractivity contribution in [2.75, 3.05) is 33.9 Å². The molecule has 4 nitrogen and oxygen atoms in total. The van der Waals surface area contributed by atoms with Crippen LogP contribution in [0.15, 0.2) is 24.3 Å². The van der Waals surface area contributed by atoms with Gasteiger partial charge < -0.3 is 15.0 Å². The van der Waals surface area contributed by atoms with Gasteiger partial charge in [-0.25, -0.2) is 0 Å². The molecule has 0 aromatic heterocycles. The quantitative estimate of drug-likeness (QED) is 0.764. The minimum absolute atomic E-state index is 0.0473. The van der Waals surface area contributed by atoms with E-state index in [2.05, 4.69) is 5.32 Å². The normalized spacial score (nSPS) is 10.4. The summed E-state index contributed by atoms with van der Waals surface area (Å²) >= 11 is 5.90. The Balaban J connectivity index is 2.35. The molecule has 0 aliphatic carbocycles. The number of halogens is 1. The zero-order chi connectivity index (χ0) is 13.4. The van der Waals surface area contributed by atoms with Crippen LogP contribution >= 0.6 is 11.6 Å². The molecule has 0 aliphatic rings. The van der Waals surface area contributed by atoms with E-state index >= 15 is 0 Å². The van der Waals surface area contributed by atoms with Gasteiger partial charge in [-0.1, -0.05) is 23.7 Å². The predicted molar refractivity (Wildman–Crippen MR) is 72.7 cm³/mol. The van der Waals surface area contributed by atoms with Crippen molar-refractivity contribution >= 4 is 17.5 Å². The molecule has 1 aromatic carbocycles. The molecule has 18 heavy (non-hydrogen) atoms. The number of methoxy groups -OCH3 is 1. The van der Waals surface area contributed by atoms with Gasteiger partial charge in [0, 0.05) is 32.3 Å². The van der Waals surface area contributed by atoms with Gasteiger partial charge >= 0.3 is 0 Å². The third kappa shape index (κ3) is 5.49. The minimum atomic E-state index is 0.0473. The summed E-state index contributed by atoms with van der Waals surface area (Å²) in [6, 6.07) is 7.52. The number of nitrogens with one attached hydrogen (secondary N) is 1. The molecular formula is C13H19ClN2O2. The van der Waals surface area contributed by atoms with Crippen LogP contribution in [0.5, 0.6) is 0 Å². The lowest BCUT2D eigenvalue weighted by molar-refractivity contribution is -0.129. The zero-order valence-corrected chi connectivity index (χ0v) is 11.5. The number of amides is 1. The second kappa shape index (κ2) is 8.08. The van der Waals surface area contributed by atoms with Gasteiger partial charge in [0.25, 0.3) is 0 Å². The van der Waals surface area contributed by atoms with E-state index in [1.807, 2.05) is 24.3 Å². The molecule has 0 bridgehead atoms. The molecule has 1 aromatic rings. The van der Waals surface area contributed by atoms with Crippen LogP contribution in [-0.4, -0.2) is 44.7 Å². The molecular weight excluding hydrogens is 252 g/mol. The molecule has 0 spiro atoms. The van der Waals surface area contributed by atoms with E-state index in [4.69, 9.17) is 16.3 Å². The number of likely N-dealkylation sites (N-methyl/N-ethyl adjacent to an activating group) is 1. The number of nitrogens with zero attached hydrogens (tertiary/aromatic N) is 1. The van der Waals surface area contributed by atoms with Crippen LogP contribution < -0.4 is 5.32 Å². The molecule has 0 atom stereocenters. The number of benzene rings is 1. The lowest BCUT2D eigenvalue weighted by Crippen LogP contribution is -2.36. The fourth-order valence-corrected chi connectivity index (χ4v) is 1.71. The number of hydrogen-bond donors (Lipinski definition) is 1. The van der Waals surface area contributed by atoms with Crippen molar-refractivity contribution in [1.82, 2.24) is 10.2 Å². The van der Waals surface area contributed by atoms with E-state index in [9.17, 15) is 4.79 Å². The van der Waals surface area contributed by atoms with Crippen molar-refractivity contribution in [1.29, 1.82) is 0 Å². The third-order valence-corrected chi connectivity index (χ3v) is 2.73. The summed E-state index contributed by atoms with van der Waals surface area (Å²) in [4.78, 5) is 13.5. The Bertz CT molecular complexity index is 385. The van der Waals surface area contributed by atoms with E-state index in [1.165, 1.54) is 0 Å². The Morgan fingerprint density at radius 3 is 2.94 bits per heavy atom. The molecule has 0 aliphatic heterocycles. The first-order valence-corrected chi connectivity index (χ1v) is 6.19. The predicted octanol–water partition coefficient (Wildman–Crippen LogP) is 1.53. The molecule has 1 amide bonds. The monoisotopic (exact) mass is 270 g/mol. The molecule has 1 N–H and O–H groups in total. The van der Waals surface area contributed by atoms with Gasteiger partial charge in [0.1, 0.15) is 0 Å². The van der Waals surface area contributed by atoms with Crippen molar-refractivity contribution in [2.45, 2.75) is 6.54 Å². The van der Waals surface area contributed by atoms with Gasteiger partial charge in [-0.15, -0.1) is 0 Å². The maximum Gasteiger partial charge on any atom is 0.236 e. The van der Waals surface area contributed by atoms with E-state index in [-0.39, 0.29) is 5.91 Å². The van der Waals surface area contributed by atoms with Gasteiger partial charge in [-0.2, -0.15) is 0 Å². The van der Waals surface area contributed by atoms with E-state index in [1.54, 1.807) is 19.1 Å². The first-order valence-electron chi connectivity index (χ1n) is 5.81. The van der Waals surface area contributed by atoms with Crippen LogP contribution in [0.2, 0.25) is 5.02 Å². The fourth-order valence-electron chi connectivity index (χ4n) is 1.50. The highest BCUT2D eigenvalue weighted by Crippen LogP contribution is 2.11. The average molecular weight is 271 g/mol. The average Bonchev–Trinajstić information content (AvgIpc) is 2.34. The lowest BCUT2D eigenvalue weighted by atomic mass is 10.2. The summed E-state index contributed by atoms with van der Waals surface area (Å²) in [5.74, 6) is 0.0473. The molecule has 0 saturated carbocycles. The van der Waals surface area contributed by atoms with Crippen LogP contribution in [0.4, 0.5) is 0 Å². The summed E-state index contributed by atoms with van der Waals surface area (Å²) in [6.45, 7) is 2.16. The second-order valence-corrected chi connectivity index (χ2v) is 4.49. The highest BCUT2D eigenvalue weighted by Gasteiger charge is 2.08. The van der Waals surface area contributed by atoms with Gasteiger partial charge in [0.2, 0.25) is 5.91 Å². The first-order chi connectivity index (χ1) is 8.63. The Hall–Kier alpha value is -1.10. The summed E-state index contributed by atoms with van der Waals surface area (Å²) in [6.07, 6.45) is 0. The van der Waals surface area contributed by atoms with Crippen molar-refractivity contribution < 1.29 is 9.53 Å². The zero-order valence-electron chi connectivity index (χ0n) is 10.8. The summed E-state index contributed by atoms with van der Waals surface area (Å²) < 4.78 is 4.89. The fraction of sp³-hybridized carbons (Fsp3) is 0.462. The lowest BCUT2D eigenvalue weighted by Gasteiger charge is -2.17. The maximum atomic E-state index is 11.8. The minimum Gasteiger partial charge on any atom is -0.383 e. The van der Waals surface area contributed by atoms with E-state index in [0.29, 0.717) is 31.3 Å². The molecule has 0 unspecified atom stereocenters. The number of carbonyl (C=O) groups is 1. The molecule has 1 rings (SSSR count). The van der Waals surface area contributed by atoms with Crippen LogP contribution in [0, 0.1) is 0 Å². The van der Waals surface area contributed by atoms with Gasteiger partial charge in [0.05, 0.1) is 13.2 Å². The molecule has 0 fully saturated rings. The van der Waals surface area contributed by atoms with Crippen molar-refractivity contribution in [3.63, 3.8) is 0 Å². The Kier molecular flexibility index (Phi) is 6.72. The molecule has 0 saturated heterocycles. The van der Waals surface area contributed by atoms with Crippen LogP contribution in [0.1, 0.15) is 5.56 Å². The third-order valence-electron chi connectivity index (χ3n) is 2.49. The number of ether oxygens (including phenoxy) is 1.